The van der Waals surface area contributed by atoms with Crippen LogP contribution < -0.4 is 4.90 Å². The summed E-state index contributed by atoms with van der Waals surface area (Å²) < 4.78 is 7.43. The number of aliphatic hydroxyl groups is 1. The molecule has 2 aromatic rings. The first kappa shape index (κ1) is 19.3. The fourth-order valence-electron chi connectivity index (χ4n) is 3.90. The third kappa shape index (κ3) is 4.49. The number of pyridine rings is 1. The summed E-state index contributed by atoms with van der Waals surface area (Å²) in [7, 11) is 0. The third-order valence-corrected chi connectivity index (χ3v) is 5.68. The van der Waals surface area contributed by atoms with Crippen LogP contribution in [0.1, 0.15) is 42.9 Å². The van der Waals surface area contributed by atoms with E-state index in [1.54, 1.807) is 6.20 Å². The van der Waals surface area contributed by atoms with Gasteiger partial charge in [-0.25, -0.2) is 4.98 Å². The normalized spacial score (nSPS) is 20.6. The van der Waals surface area contributed by atoms with Gasteiger partial charge in [0.05, 0.1) is 29.1 Å². The first-order chi connectivity index (χ1) is 13.7. The van der Waals surface area contributed by atoms with E-state index in [0.717, 1.165) is 68.8 Å². The Kier molecular flexibility index (Phi) is 6.16. The van der Waals surface area contributed by atoms with E-state index in [1.165, 1.54) is 0 Å². The topological polar surface area (TPSA) is 63.4 Å². The molecule has 4 heterocycles. The molecule has 28 heavy (non-hydrogen) atoms. The number of hydrogen-bond donors (Lipinski definition) is 1. The predicted octanol–water partition coefficient (Wildman–Crippen LogP) is 2.89. The van der Waals surface area contributed by atoms with Gasteiger partial charge in [-0.05, 0) is 31.6 Å². The number of aliphatic hydroxyl groups excluding tert-OH is 1. The Morgan fingerprint density at radius 3 is 2.89 bits per heavy atom. The number of nitrogens with zero attached hydrogens (tertiary/aromatic N) is 4. The van der Waals surface area contributed by atoms with Crippen molar-refractivity contribution in [3.63, 3.8) is 0 Å². The Morgan fingerprint density at radius 2 is 2.07 bits per heavy atom. The number of aromatic nitrogens is 3. The SMILES string of the molecule is OCC1CCCN(c2cc(Cl)ncc2C#Cc2cnn(C3CCOCC3)c2)C1. The van der Waals surface area contributed by atoms with Crippen molar-refractivity contribution in [3.05, 3.63) is 40.9 Å². The van der Waals surface area contributed by atoms with Gasteiger partial charge >= 0.3 is 0 Å². The van der Waals surface area contributed by atoms with E-state index in [0.29, 0.717) is 17.1 Å². The number of hydrogen-bond acceptors (Lipinski definition) is 5. The maximum Gasteiger partial charge on any atom is 0.131 e. The third-order valence-electron chi connectivity index (χ3n) is 5.47. The van der Waals surface area contributed by atoms with E-state index in [1.807, 2.05) is 23.1 Å². The molecule has 0 saturated carbocycles. The largest absolute Gasteiger partial charge is 0.396 e. The summed E-state index contributed by atoms with van der Waals surface area (Å²) in [4.78, 5) is 6.47. The van der Waals surface area contributed by atoms with Crippen molar-refractivity contribution in [2.45, 2.75) is 31.7 Å². The summed E-state index contributed by atoms with van der Waals surface area (Å²) in [6.45, 7) is 3.54. The van der Waals surface area contributed by atoms with Gasteiger partial charge in [-0.3, -0.25) is 4.68 Å². The highest BCUT2D eigenvalue weighted by Crippen LogP contribution is 2.28. The highest BCUT2D eigenvalue weighted by Gasteiger charge is 2.21. The van der Waals surface area contributed by atoms with Crippen molar-refractivity contribution < 1.29 is 9.84 Å². The predicted molar refractivity (Wildman–Crippen MR) is 109 cm³/mol. The lowest BCUT2D eigenvalue weighted by atomic mass is 9.98. The monoisotopic (exact) mass is 400 g/mol. The van der Waals surface area contributed by atoms with E-state index in [-0.39, 0.29) is 6.61 Å². The van der Waals surface area contributed by atoms with Crippen LogP contribution in [0.5, 0.6) is 0 Å². The zero-order chi connectivity index (χ0) is 19.3. The van der Waals surface area contributed by atoms with E-state index >= 15 is 0 Å². The number of piperidine rings is 1. The molecule has 2 saturated heterocycles. The van der Waals surface area contributed by atoms with Crippen molar-refractivity contribution in [2.24, 2.45) is 5.92 Å². The van der Waals surface area contributed by atoms with Crippen LogP contribution in [0.4, 0.5) is 5.69 Å². The van der Waals surface area contributed by atoms with E-state index in [9.17, 15) is 5.11 Å². The Labute approximate surface area is 170 Å². The molecule has 2 aliphatic rings. The van der Waals surface area contributed by atoms with Crippen LogP contribution in [-0.4, -0.2) is 52.8 Å². The van der Waals surface area contributed by atoms with Gasteiger partial charge in [0.2, 0.25) is 0 Å². The van der Waals surface area contributed by atoms with Crippen LogP contribution in [0, 0.1) is 17.8 Å². The number of halogens is 1. The summed E-state index contributed by atoms with van der Waals surface area (Å²) in [5, 5.41) is 14.5. The molecule has 0 bridgehead atoms. The molecule has 148 valence electrons. The minimum Gasteiger partial charge on any atom is -0.396 e. The highest BCUT2D eigenvalue weighted by molar-refractivity contribution is 6.29. The minimum absolute atomic E-state index is 0.210. The lowest BCUT2D eigenvalue weighted by Crippen LogP contribution is -2.37. The molecule has 2 aliphatic heterocycles. The molecule has 0 radical (unpaired) electrons. The van der Waals surface area contributed by atoms with Crippen LogP contribution in [-0.2, 0) is 4.74 Å². The van der Waals surface area contributed by atoms with Crippen LogP contribution in [0.25, 0.3) is 0 Å². The fourth-order valence-corrected chi connectivity index (χ4v) is 4.05. The van der Waals surface area contributed by atoms with Gasteiger partial charge in [0.15, 0.2) is 0 Å². The second-order valence-electron chi connectivity index (χ2n) is 7.46. The van der Waals surface area contributed by atoms with E-state index in [2.05, 4.69) is 26.8 Å². The lowest BCUT2D eigenvalue weighted by molar-refractivity contribution is 0.0662. The average molecular weight is 401 g/mol. The van der Waals surface area contributed by atoms with Crippen molar-refractivity contribution in [2.75, 3.05) is 37.8 Å². The summed E-state index contributed by atoms with van der Waals surface area (Å²) in [6, 6.07) is 2.26. The van der Waals surface area contributed by atoms with Crippen LogP contribution >= 0.6 is 11.6 Å². The molecule has 1 N–H and O–H groups in total. The van der Waals surface area contributed by atoms with Crippen LogP contribution in [0.3, 0.4) is 0 Å². The number of ether oxygens (including phenoxy) is 1. The van der Waals surface area contributed by atoms with Crippen molar-refractivity contribution >= 4 is 17.3 Å². The summed E-state index contributed by atoms with van der Waals surface area (Å²) in [5.74, 6) is 6.76. The molecular formula is C21H25ClN4O2. The van der Waals surface area contributed by atoms with Gasteiger partial charge in [-0.1, -0.05) is 23.4 Å². The maximum atomic E-state index is 9.53. The van der Waals surface area contributed by atoms with Crippen molar-refractivity contribution in [3.8, 4) is 11.8 Å². The molecule has 0 aliphatic carbocycles. The molecule has 2 aromatic heterocycles. The van der Waals surface area contributed by atoms with E-state index < -0.39 is 0 Å². The van der Waals surface area contributed by atoms with Gasteiger partial charge in [-0.2, -0.15) is 5.10 Å². The highest BCUT2D eigenvalue weighted by atomic mass is 35.5. The molecule has 0 spiro atoms. The van der Waals surface area contributed by atoms with Crippen molar-refractivity contribution in [1.82, 2.24) is 14.8 Å². The van der Waals surface area contributed by atoms with E-state index in [4.69, 9.17) is 16.3 Å². The second kappa shape index (κ2) is 8.95. The molecule has 1 atom stereocenters. The molecule has 7 heteroatoms. The van der Waals surface area contributed by atoms with Gasteiger partial charge in [0.25, 0.3) is 0 Å². The maximum absolute atomic E-state index is 9.53. The number of rotatable bonds is 3. The molecular weight excluding hydrogens is 376 g/mol. The zero-order valence-electron chi connectivity index (χ0n) is 15.9. The molecule has 6 nitrogen and oxygen atoms in total. The van der Waals surface area contributed by atoms with Gasteiger partial charge in [-0.15, -0.1) is 0 Å². The first-order valence-electron chi connectivity index (χ1n) is 9.88. The Balaban J connectivity index is 1.55. The smallest absolute Gasteiger partial charge is 0.131 e. The summed E-state index contributed by atoms with van der Waals surface area (Å²) in [6.07, 6.45) is 9.63. The average Bonchev–Trinajstić information content (AvgIpc) is 3.22. The van der Waals surface area contributed by atoms with Gasteiger partial charge < -0.3 is 14.7 Å². The molecule has 0 amide bonds. The Bertz CT molecular complexity index is 867. The standard InChI is InChI=1S/C21H25ClN4O2/c22-21-10-20(25-7-1-2-17(13-25)15-27)18(12-23-21)4-3-16-11-24-26(14-16)19-5-8-28-9-6-19/h10-12,14,17,19,27H,1-2,5-9,13,15H2. The van der Waals surface area contributed by atoms with Crippen LogP contribution in [0.2, 0.25) is 5.15 Å². The molecule has 1 unspecified atom stereocenters. The zero-order valence-corrected chi connectivity index (χ0v) is 16.6. The number of anilines is 1. The van der Waals surface area contributed by atoms with Gasteiger partial charge in [0.1, 0.15) is 5.15 Å². The second-order valence-corrected chi connectivity index (χ2v) is 7.85. The summed E-state index contributed by atoms with van der Waals surface area (Å²) in [5.41, 5.74) is 2.73. The molecule has 0 aromatic carbocycles. The van der Waals surface area contributed by atoms with Gasteiger partial charge in [0, 0.05) is 51.4 Å². The lowest BCUT2D eigenvalue weighted by Gasteiger charge is -2.34. The Hall–Kier alpha value is -2.07. The van der Waals surface area contributed by atoms with Crippen molar-refractivity contribution in [1.29, 1.82) is 0 Å². The molecule has 2 fully saturated rings. The van der Waals surface area contributed by atoms with Crippen LogP contribution in [0.15, 0.2) is 24.7 Å². The molecule has 4 rings (SSSR count). The first-order valence-corrected chi connectivity index (χ1v) is 10.3. The fraction of sp³-hybridized carbons (Fsp3) is 0.524. The Morgan fingerprint density at radius 1 is 1.21 bits per heavy atom. The quantitative estimate of drug-likeness (QED) is 0.634. The summed E-state index contributed by atoms with van der Waals surface area (Å²) >= 11 is 6.15. The minimum atomic E-state index is 0.210.